The minimum Gasteiger partial charge on any atom is -0.342 e. The molecule has 0 saturated carbocycles. The third-order valence-corrected chi connectivity index (χ3v) is 3.79. The van der Waals surface area contributed by atoms with Crippen molar-refractivity contribution in [3.63, 3.8) is 0 Å². The molecule has 1 aromatic carbocycles. The summed E-state index contributed by atoms with van der Waals surface area (Å²) in [6.45, 7) is 4.33. The molecule has 2 rings (SSSR count). The Morgan fingerprint density at radius 1 is 1.11 bits per heavy atom. The summed E-state index contributed by atoms with van der Waals surface area (Å²) in [5.41, 5.74) is 2.72. The van der Waals surface area contributed by atoms with Crippen molar-refractivity contribution in [1.82, 2.24) is 9.97 Å². The number of aryl methyl sites for hydroxylation is 1. The number of hydrogen-bond donors (Lipinski definition) is 1. The first-order chi connectivity index (χ1) is 9.34. The summed E-state index contributed by atoms with van der Waals surface area (Å²) < 4.78 is 0. The largest absolute Gasteiger partial charge is 0.342 e. The Hall–Kier alpha value is -1.39. The highest BCUT2D eigenvalue weighted by Crippen LogP contribution is 2.11. The number of quaternary nitrogens is 1. The zero-order valence-corrected chi connectivity index (χ0v) is 12.1. The fourth-order valence-electron chi connectivity index (χ4n) is 1.74. The zero-order chi connectivity index (χ0) is 13.3. The van der Waals surface area contributed by atoms with E-state index in [9.17, 15) is 0 Å². The molecule has 0 radical (unpaired) electrons. The third kappa shape index (κ3) is 5.41. The molecule has 3 nitrogen and oxygen atoms in total. The van der Waals surface area contributed by atoms with Crippen LogP contribution in [0.4, 0.5) is 0 Å². The van der Waals surface area contributed by atoms with Crippen LogP contribution in [0.3, 0.4) is 0 Å². The Balaban J connectivity index is 1.56. The van der Waals surface area contributed by atoms with E-state index in [0.29, 0.717) is 0 Å². The lowest BCUT2D eigenvalue weighted by Gasteiger charge is -2.02. The minimum atomic E-state index is 0.876. The van der Waals surface area contributed by atoms with Crippen molar-refractivity contribution in [2.45, 2.75) is 25.0 Å². The molecule has 0 spiro atoms. The maximum atomic E-state index is 4.19. The van der Waals surface area contributed by atoms with Crippen molar-refractivity contribution in [2.24, 2.45) is 0 Å². The first kappa shape index (κ1) is 14.0. The van der Waals surface area contributed by atoms with Crippen LogP contribution >= 0.6 is 11.8 Å². The summed E-state index contributed by atoms with van der Waals surface area (Å²) >= 11 is 1.73. The summed E-state index contributed by atoms with van der Waals surface area (Å²) in [5, 5.41) is 3.23. The molecule has 0 aliphatic heterocycles. The van der Waals surface area contributed by atoms with Gasteiger partial charge in [-0.25, -0.2) is 9.97 Å². The second kappa shape index (κ2) is 7.92. The molecule has 2 N–H and O–H groups in total. The fraction of sp³-hybridized carbons (Fsp3) is 0.333. The first-order valence-electron chi connectivity index (χ1n) is 6.61. The summed E-state index contributed by atoms with van der Waals surface area (Å²) in [6, 6.07) is 10.6. The van der Waals surface area contributed by atoms with E-state index in [2.05, 4.69) is 46.5 Å². The van der Waals surface area contributed by atoms with Crippen molar-refractivity contribution in [3.05, 3.63) is 53.9 Å². The summed E-state index contributed by atoms with van der Waals surface area (Å²) in [7, 11) is 0. The van der Waals surface area contributed by atoms with Gasteiger partial charge >= 0.3 is 0 Å². The summed E-state index contributed by atoms with van der Waals surface area (Å²) in [5.74, 6) is 1.08. The second-order valence-electron chi connectivity index (χ2n) is 4.50. The van der Waals surface area contributed by atoms with E-state index < -0.39 is 0 Å². The van der Waals surface area contributed by atoms with Gasteiger partial charge in [-0.2, -0.15) is 0 Å². The lowest BCUT2D eigenvalue weighted by Crippen LogP contribution is -2.82. The number of nitrogens with zero attached hydrogens (tertiary/aromatic N) is 2. The van der Waals surface area contributed by atoms with E-state index in [0.717, 1.165) is 24.0 Å². The molecule has 0 unspecified atom stereocenters. The molecular formula is C15H20N3S+. The smallest absolute Gasteiger partial charge is 0.187 e. The third-order valence-electron chi connectivity index (χ3n) is 2.83. The topological polar surface area (TPSA) is 42.4 Å². The molecule has 0 aliphatic rings. The van der Waals surface area contributed by atoms with E-state index >= 15 is 0 Å². The van der Waals surface area contributed by atoms with Gasteiger partial charge in [0.2, 0.25) is 0 Å². The maximum absolute atomic E-state index is 4.19. The van der Waals surface area contributed by atoms with E-state index in [1.54, 1.807) is 24.2 Å². The van der Waals surface area contributed by atoms with Gasteiger partial charge < -0.3 is 5.32 Å². The molecular weight excluding hydrogens is 254 g/mol. The van der Waals surface area contributed by atoms with Crippen LogP contribution < -0.4 is 5.32 Å². The predicted molar refractivity (Wildman–Crippen MR) is 79.0 cm³/mol. The van der Waals surface area contributed by atoms with Crippen LogP contribution in [0.1, 0.15) is 17.5 Å². The van der Waals surface area contributed by atoms with Crippen molar-refractivity contribution in [3.8, 4) is 0 Å². The Morgan fingerprint density at radius 2 is 1.84 bits per heavy atom. The first-order valence-corrected chi connectivity index (χ1v) is 7.60. The van der Waals surface area contributed by atoms with Crippen LogP contribution in [0.15, 0.2) is 47.9 Å². The molecule has 0 saturated heterocycles. The molecule has 0 amide bonds. The van der Waals surface area contributed by atoms with Crippen LogP contribution in [0.5, 0.6) is 0 Å². The van der Waals surface area contributed by atoms with Gasteiger partial charge in [0.1, 0.15) is 6.54 Å². The highest BCUT2D eigenvalue weighted by Gasteiger charge is 1.98. The monoisotopic (exact) mass is 274 g/mol. The van der Waals surface area contributed by atoms with Crippen LogP contribution in [0.2, 0.25) is 0 Å². The highest BCUT2D eigenvalue weighted by atomic mass is 32.2. The molecule has 19 heavy (non-hydrogen) atoms. The Bertz CT molecular complexity index is 471. The molecule has 1 aromatic heterocycles. The average Bonchev–Trinajstić information content (AvgIpc) is 2.46. The van der Waals surface area contributed by atoms with Gasteiger partial charge in [-0.05, 0) is 13.0 Å². The van der Waals surface area contributed by atoms with Crippen LogP contribution in [-0.2, 0) is 6.54 Å². The van der Waals surface area contributed by atoms with E-state index in [1.807, 2.05) is 6.07 Å². The van der Waals surface area contributed by atoms with E-state index in [1.165, 1.54) is 17.5 Å². The number of aromatic nitrogens is 2. The van der Waals surface area contributed by atoms with Gasteiger partial charge in [0.15, 0.2) is 5.16 Å². The van der Waals surface area contributed by atoms with Gasteiger partial charge in [0, 0.05) is 30.1 Å². The van der Waals surface area contributed by atoms with Gasteiger partial charge in [0.25, 0.3) is 0 Å². The fourth-order valence-corrected chi connectivity index (χ4v) is 2.51. The molecule has 4 heteroatoms. The van der Waals surface area contributed by atoms with E-state index in [-0.39, 0.29) is 0 Å². The molecule has 0 atom stereocenters. The SMILES string of the molecule is Cc1ccc(C[NH2+]CCCSc2ncccn2)cc1. The van der Waals surface area contributed by atoms with Crippen LogP contribution in [0, 0.1) is 6.92 Å². The van der Waals surface area contributed by atoms with E-state index in [4.69, 9.17) is 0 Å². The normalized spacial score (nSPS) is 10.6. The number of benzene rings is 1. The Labute approximate surface area is 118 Å². The number of hydrogen-bond acceptors (Lipinski definition) is 3. The quantitative estimate of drug-likeness (QED) is 0.477. The lowest BCUT2D eigenvalue weighted by molar-refractivity contribution is -0.670. The number of nitrogens with two attached hydrogens (primary N) is 1. The molecule has 100 valence electrons. The maximum Gasteiger partial charge on any atom is 0.187 e. The Kier molecular flexibility index (Phi) is 5.85. The van der Waals surface area contributed by atoms with Gasteiger partial charge in [-0.3, -0.25) is 0 Å². The van der Waals surface area contributed by atoms with Crippen molar-refractivity contribution in [2.75, 3.05) is 12.3 Å². The molecule has 0 aliphatic carbocycles. The van der Waals surface area contributed by atoms with Crippen molar-refractivity contribution < 1.29 is 5.32 Å². The van der Waals surface area contributed by atoms with Gasteiger partial charge in [0.05, 0.1) is 6.54 Å². The van der Waals surface area contributed by atoms with Crippen molar-refractivity contribution in [1.29, 1.82) is 0 Å². The number of rotatable bonds is 7. The molecule has 0 fully saturated rings. The molecule has 2 aromatic rings. The van der Waals surface area contributed by atoms with Gasteiger partial charge in [-0.15, -0.1) is 0 Å². The van der Waals surface area contributed by atoms with Gasteiger partial charge in [-0.1, -0.05) is 41.6 Å². The summed E-state index contributed by atoms with van der Waals surface area (Å²) in [4.78, 5) is 8.39. The Morgan fingerprint density at radius 3 is 2.58 bits per heavy atom. The standard InChI is InChI=1S/C15H19N3S/c1-13-4-6-14(7-5-13)12-16-8-3-11-19-15-17-9-2-10-18-15/h2,4-7,9-10,16H,3,8,11-12H2,1H3/p+1. The average molecular weight is 274 g/mol. The highest BCUT2D eigenvalue weighted by molar-refractivity contribution is 7.99. The second-order valence-corrected chi connectivity index (χ2v) is 5.56. The lowest BCUT2D eigenvalue weighted by atomic mass is 10.1. The molecule has 0 bridgehead atoms. The van der Waals surface area contributed by atoms with Crippen LogP contribution in [-0.4, -0.2) is 22.3 Å². The van der Waals surface area contributed by atoms with Crippen LogP contribution in [0.25, 0.3) is 0 Å². The zero-order valence-electron chi connectivity index (χ0n) is 11.2. The number of thioether (sulfide) groups is 1. The van der Waals surface area contributed by atoms with Crippen molar-refractivity contribution >= 4 is 11.8 Å². The predicted octanol–water partition coefficient (Wildman–Crippen LogP) is 2.03. The minimum absolute atomic E-state index is 0.876. The summed E-state index contributed by atoms with van der Waals surface area (Å²) in [6.07, 6.45) is 4.76. The molecule has 1 heterocycles.